The van der Waals surface area contributed by atoms with E-state index >= 15 is 0 Å². The third kappa shape index (κ3) is 6.47. The van der Waals surface area contributed by atoms with Gasteiger partial charge in [0.1, 0.15) is 0 Å². The van der Waals surface area contributed by atoms with E-state index in [2.05, 4.69) is 5.32 Å². The van der Waals surface area contributed by atoms with Crippen molar-refractivity contribution in [1.82, 2.24) is 5.32 Å². The van der Waals surface area contributed by atoms with Gasteiger partial charge < -0.3 is 16.2 Å². The average molecular weight is 216 g/mol. The van der Waals surface area contributed by atoms with Crippen molar-refractivity contribution in [1.29, 1.82) is 0 Å². The Morgan fingerprint density at radius 1 is 1.33 bits per heavy atom. The molecule has 0 aliphatic heterocycles. The molecule has 0 bridgehead atoms. The van der Waals surface area contributed by atoms with Crippen molar-refractivity contribution >= 4 is 5.91 Å². The molecule has 90 valence electrons. The predicted molar refractivity (Wildman–Crippen MR) is 61.3 cm³/mol. The molecule has 15 heavy (non-hydrogen) atoms. The van der Waals surface area contributed by atoms with E-state index in [0.717, 1.165) is 0 Å². The van der Waals surface area contributed by atoms with Crippen molar-refractivity contribution in [2.24, 2.45) is 17.6 Å². The van der Waals surface area contributed by atoms with Crippen LogP contribution in [0.1, 0.15) is 34.1 Å². The first-order valence-corrected chi connectivity index (χ1v) is 5.56. The number of hydrogen-bond donors (Lipinski definition) is 3. The highest BCUT2D eigenvalue weighted by Crippen LogP contribution is 2.03. The van der Waals surface area contributed by atoms with Gasteiger partial charge in [0.2, 0.25) is 5.91 Å². The molecular formula is C11H24N2O2. The molecule has 0 aliphatic rings. The third-order valence-electron chi connectivity index (χ3n) is 2.28. The molecule has 0 aromatic heterocycles. The first-order valence-electron chi connectivity index (χ1n) is 5.56. The van der Waals surface area contributed by atoms with Crippen LogP contribution in [-0.2, 0) is 4.79 Å². The molecule has 4 N–H and O–H groups in total. The fourth-order valence-electron chi connectivity index (χ4n) is 1.27. The van der Waals surface area contributed by atoms with E-state index in [4.69, 9.17) is 5.73 Å². The Morgan fingerprint density at radius 3 is 2.27 bits per heavy atom. The average Bonchev–Trinajstić information content (AvgIpc) is 2.11. The molecule has 4 nitrogen and oxygen atoms in total. The molecule has 0 heterocycles. The van der Waals surface area contributed by atoms with Crippen LogP contribution in [0.5, 0.6) is 0 Å². The van der Waals surface area contributed by atoms with E-state index in [9.17, 15) is 9.90 Å². The molecule has 0 spiro atoms. The van der Waals surface area contributed by atoms with E-state index in [1.807, 2.05) is 27.7 Å². The van der Waals surface area contributed by atoms with Gasteiger partial charge in [-0.1, -0.05) is 27.7 Å². The molecule has 0 rings (SSSR count). The lowest BCUT2D eigenvalue weighted by atomic mass is 10.0. The van der Waals surface area contributed by atoms with Crippen LogP contribution in [0.4, 0.5) is 0 Å². The maximum atomic E-state index is 11.4. The van der Waals surface area contributed by atoms with Crippen LogP contribution in [0.3, 0.4) is 0 Å². The van der Waals surface area contributed by atoms with E-state index in [-0.39, 0.29) is 18.4 Å². The van der Waals surface area contributed by atoms with Gasteiger partial charge in [-0.2, -0.15) is 0 Å². The van der Waals surface area contributed by atoms with Gasteiger partial charge in [-0.15, -0.1) is 0 Å². The highest BCUT2D eigenvalue weighted by atomic mass is 16.3. The lowest BCUT2D eigenvalue weighted by Crippen LogP contribution is -2.46. The summed E-state index contributed by atoms with van der Waals surface area (Å²) in [6, 6.07) is -0.490. The molecule has 0 saturated carbocycles. The summed E-state index contributed by atoms with van der Waals surface area (Å²) in [7, 11) is 0. The Bertz CT molecular complexity index is 193. The number of amides is 1. The van der Waals surface area contributed by atoms with Crippen LogP contribution in [0, 0.1) is 11.8 Å². The molecule has 0 radical (unpaired) electrons. The summed E-state index contributed by atoms with van der Waals surface area (Å²) < 4.78 is 0. The minimum atomic E-state index is -0.490. The zero-order valence-electron chi connectivity index (χ0n) is 10.2. The van der Waals surface area contributed by atoms with E-state index < -0.39 is 12.1 Å². The summed E-state index contributed by atoms with van der Waals surface area (Å²) in [5.41, 5.74) is 5.65. The molecule has 0 fully saturated rings. The molecule has 2 atom stereocenters. The van der Waals surface area contributed by atoms with Crippen LogP contribution in [-0.4, -0.2) is 29.7 Å². The number of hydrogen-bond acceptors (Lipinski definition) is 3. The standard InChI is InChI=1S/C11H24N2O2/c1-7(2)5-9(14)6-13-11(15)10(12)8(3)4/h7-10,14H,5-6,12H2,1-4H3,(H,13,15)/t9?,10-/m1/s1. The molecule has 1 unspecified atom stereocenters. The topological polar surface area (TPSA) is 75.3 Å². The quantitative estimate of drug-likeness (QED) is 0.605. The number of aliphatic hydroxyl groups excluding tert-OH is 1. The Kier molecular flexibility index (Phi) is 6.52. The van der Waals surface area contributed by atoms with Crippen molar-refractivity contribution < 1.29 is 9.90 Å². The van der Waals surface area contributed by atoms with Crippen molar-refractivity contribution in [3.8, 4) is 0 Å². The summed E-state index contributed by atoms with van der Waals surface area (Å²) >= 11 is 0. The van der Waals surface area contributed by atoms with Gasteiger partial charge in [-0.05, 0) is 18.3 Å². The van der Waals surface area contributed by atoms with Crippen LogP contribution >= 0.6 is 0 Å². The summed E-state index contributed by atoms with van der Waals surface area (Å²) in [6.07, 6.45) is 0.213. The van der Waals surface area contributed by atoms with Gasteiger partial charge in [0, 0.05) is 6.54 Å². The van der Waals surface area contributed by atoms with Crippen molar-refractivity contribution in [3.63, 3.8) is 0 Å². The summed E-state index contributed by atoms with van der Waals surface area (Å²) in [4.78, 5) is 11.4. The highest BCUT2D eigenvalue weighted by molar-refractivity contribution is 5.81. The monoisotopic (exact) mass is 216 g/mol. The first-order chi connectivity index (χ1) is 6.84. The Balaban J connectivity index is 3.80. The zero-order chi connectivity index (χ0) is 12.0. The van der Waals surface area contributed by atoms with Crippen molar-refractivity contribution in [3.05, 3.63) is 0 Å². The normalized spacial score (nSPS) is 15.5. The van der Waals surface area contributed by atoms with Gasteiger partial charge in [-0.3, -0.25) is 4.79 Å². The molecule has 0 saturated heterocycles. The van der Waals surface area contributed by atoms with Gasteiger partial charge in [0.15, 0.2) is 0 Å². The van der Waals surface area contributed by atoms with Gasteiger partial charge in [-0.25, -0.2) is 0 Å². The van der Waals surface area contributed by atoms with Gasteiger partial charge in [0.05, 0.1) is 12.1 Å². The second-order valence-electron chi connectivity index (χ2n) is 4.80. The third-order valence-corrected chi connectivity index (χ3v) is 2.28. The van der Waals surface area contributed by atoms with Crippen LogP contribution < -0.4 is 11.1 Å². The lowest BCUT2D eigenvalue weighted by Gasteiger charge is -2.18. The van der Waals surface area contributed by atoms with Crippen molar-refractivity contribution in [2.45, 2.75) is 46.3 Å². The van der Waals surface area contributed by atoms with Gasteiger partial charge >= 0.3 is 0 Å². The van der Waals surface area contributed by atoms with Crippen LogP contribution in [0.15, 0.2) is 0 Å². The molecular weight excluding hydrogens is 192 g/mol. The van der Waals surface area contributed by atoms with Crippen molar-refractivity contribution in [2.75, 3.05) is 6.54 Å². The molecule has 0 aromatic carbocycles. The number of carbonyl (C=O) groups is 1. The first kappa shape index (κ1) is 14.4. The summed E-state index contributed by atoms with van der Waals surface area (Å²) in [6.45, 7) is 8.15. The lowest BCUT2D eigenvalue weighted by molar-refractivity contribution is -0.123. The van der Waals surface area contributed by atoms with E-state index in [1.165, 1.54) is 0 Å². The maximum absolute atomic E-state index is 11.4. The predicted octanol–water partition coefficient (Wildman–Crippen LogP) is 0.493. The number of aliphatic hydroxyl groups is 1. The highest BCUT2D eigenvalue weighted by Gasteiger charge is 2.17. The number of nitrogens with two attached hydrogens (primary N) is 1. The minimum Gasteiger partial charge on any atom is -0.391 e. The fourth-order valence-corrected chi connectivity index (χ4v) is 1.27. The largest absolute Gasteiger partial charge is 0.391 e. The minimum absolute atomic E-state index is 0.118. The molecule has 1 amide bonds. The number of nitrogens with one attached hydrogen (secondary N) is 1. The van der Waals surface area contributed by atoms with Gasteiger partial charge in [0.25, 0.3) is 0 Å². The number of carbonyl (C=O) groups excluding carboxylic acids is 1. The zero-order valence-corrected chi connectivity index (χ0v) is 10.2. The van der Waals surface area contributed by atoms with E-state index in [1.54, 1.807) is 0 Å². The molecule has 4 heteroatoms. The molecule has 0 aromatic rings. The van der Waals surface area contributed by atoms with Crippen LogP contribution in [0.2, 0.25) is 0 Å². The maximum Gasteiger partial charge on any atom is 0.237 e. The Morgan fingerprint density at radius 2 is 1.87 bits per heavy atom. The smallest absolute Gasteiger partial charge is 0.237 e. The number of rotatable bonds is 6. The second-order valence-corrected chi connectivity index (χ2v) is 4.80. The Hall–Kier alpha value is -0.610. The summed E-state index contributed by atoms with van der Waals surface area (Å²) in [5.74, 6) is 0.357. The van der Waals surface area contributed by atoms with Crippen LogP contribution in [0.25, 0.3) is 0 Å². The Labute approximate surface area is 92.2 Å². The second kappa shape index (κ2) is 6.80. The summed E-state index contributed by atoms with van der Waals surface area (Å²) in [5, 5.41) is 12.2. The SMILES string of the molecule is CC(C)CC(O)CNC(=O)[C@H](N)C(C)C. The van der Waals surface area contributed by atoms with E-state index in [0.29, 0.717) is 12.3 Å². The molecule has 0 aliphatic carbocycles. The fraction of sp³-hybridized carbons (Fsp3) is 0.909.